The zero-order valence-corrected chi connectivity index (χ0v) is 27.9. The highest BCUT2D eigenvalue weighted by Crippen LogP contribution is 2.34. The molecule has 0 bridgehead atoms. The van der Waals surface area contributed by atoms with Gasteiger partial charge in [-0.2, -0.15) is 0 Å². The molecule has 0 saturated heterocycles. The lowest BCUT2D eigenvalue weighted by atomic mass is 9.90. The van der Waals surface area contributed by atoms with Gasteiger partial charge in [-0.25, -0.2) is 18.2 Å². The van der Waals surface area contributed by atoms with Crippen LogP contribution in [0.5, 0.6) is 5.75 Å². The van der Waals surface area contributed by atoms with E-state index in [-0.39, 0.29) is 28.9 Å². The van der Waals surface area contributed by atoms with E-state index in [1.807, 2.05) is 67.7 Å². The van der Waals surface area contributed by atoms with E-state index in [1.54, 1.807) is 24.3 Å². The van der Waals surface area contributed by atoms with Crippen LogP contribution in [0, 0.1) is 12.3 Å². The smallest absolute Gasteiger partial charge is 0.366 e. The monoisotopic (exact) mass is 655 g/mol. The number of aryl methyl sites for hydroxylation is 1. The summed E-state index contributed by atoms with van der Waals surface area (Å²) in [4.78, 5) is 30.2. The van der Waals surface area contributed by atoms with Crippen molar-refractivity contribution in [2.45, 2.75) is 40.7 Å². The second-order valence-electron chi connectivity index (χ2n) is 12.5. The molecule has 1 aliphatic rings. The molecule has 3 amide bonds. The largest absolute Gasteiger partial charge is 0.488 e. The molecule has 47 heavy (non-hydrogen) atoms. The number of quaternary nitrogens is 1. The summed E-state index contributed by atoms with van der Waals surface area (Å²) in [6, 6.07) is 22.0. The van der Waals surface area contributed by atoms with Crippen LogP contribution in [0.25, 0.3) is 10.8 Å². The van der Waals surface area contributed by atoms with Gasteiger partial charge in [0.05, 0.1) is 11.4 Å². The highest BCUT2D eigenvalue weighted by atomic mass is 32.2. The second-order valence-corrected chi connectivity index (χ2v) is 14.8. The van der Waals surface area contributed by atoms with Crippen LogP contribution >= 0.6 is 0 Å². The molecule has 11 nitrogen and oxygen atoms in total. The van der Waals surface area contributed by atoms with Gasteiger partial charge in [0.15, 0.2) is 11.9 Å². The van der Waals surface area contributed by atoms with E-state index in [2.05, 4.69) is 41.8 Å². The van der Waals surface area contributed by atoms with Gasteiger partial charge in [-0.1, -0.05) is 68.8 Å². The number of nitrogens with one attached hydrogen (secondary N) is 3. The summed E-state index contributed by atoms with van der Waals surface area (Å²) in [6.07, 6.45) is 6.25. The highest BCUT2D eigenvalue weighted by molar-refractivity contribution is 7.90. The third kappa shape index (κ3) is 8.21. The number of anilines is 2. The Bertz CT molecular complexity index is 1980. The number of sulfone groups is 1. The van der Waals surface area contributed by atoms with Gasteiger partial charge < -0.3 is 15.4 Å². The molecule has 0 radical (unpaired) electrons. The number of ether oxygens (including phenoxy) is 1. The van der Waals surface area contributed by atoms with Gasteiger partial charge >= 0.3 is 6.03 Å². The zero-order valence-electron chi connectivity index (χ0n) is 27.1. The fourth-order valence-corrected chi connectivity index (χ4v) is 5.52. The first kappa shape index (κ1) is 33.3. The molecular weight excluding hydrogens is 616 g/mol. The summed E-state index contributed by atoms with van der Waals surface area (Å²) in [6.45, 7) is 8.33. The van der Waals surface area contributed by atoms with Crippen molar-refractivity contribution < 1.29 is 22.7 Å². The number of carbonyl (C=O) groups excluding carboxylic acids is 2. The van der Waals surface area contributed by atoms with Crippen LogP contribution in [-0.4, -0.2) is 43.1 Å². The standard InChI is InChI=1S/C35H38N6O5S/c1-24-12-14-26(15-13-24)41(21-18-31(39-41)35(2,3)4)40-34(43)37-29-16-17-30(28-11-7-6-10-27(28)29)46-23-25-9-8-20-36-33(25)38-32(42)19-22-47(5,44)45/h6-18,20-21H,19,22-23H2,1-5H3,(H2-,36,37,38,40,42,43)/p+1. The third-order valence-corrected chi connectivity index (χ3v) is 8.49. The minimum atomic E-state index is -3.28. The van der Waals surface area contributed by atoms with Crippen LogP contribution in [0.1, 0.15) is 38.3 Å². The zero-order chi connectivity index (χ0) is 33.8. The number of amides is 3. The maximum absolute atomic E-state index is 13.6. The van der Waals surface area contributed by atoms with Crippen LogP contribution in [-0.2, 0) is 21.2 Å². The highest BCUT2D eigenvalue weighted by Gasteiger charge is 2.39. The van der Waals surface area contributed by atoms with Crippen LogP contribution in [0.2, 0.25) is 0 Å². The Kier molecular flexibility index (Phi) is 9.45. The van der Waals surface area contributed by atoms with Crippen LogP contribution in [0.15, 0.2) is 96.4 Å². The second kappa shape index (κ2) is 13.3. The fraction of sp³-hybridized carbons (Fsp3) is 0.257. The summed E-state index contributed by atoms with van der Waals surface area (Å²) in [5.74, 6) is 0.153. The molecule has 1 aliphatic heterocycles. The molecule has 1 aromatic heterocycles. The van der Waals surface area contributed by atoms with Crippen molar-refractivity contribution >= 4 is 55.5 Å². The molecule has 0 saturated carbocycles. The molecule has 1 atom stereocenters. The molecule has 12 heteroatoms. The average Bonchev–Trinajstić information content (AvgIpc) is 3.46. The quantitative estimate of drug-likeness (QED) is 0.168. The van der Waals surface area contributed by atoms with Crippen molar-refractivity contribution in [2.75, 3.05) is 22.6 Å². The van der Waals surface area contributed by atoms with E-state index >= 15 is 0 Å². The van der Waals surface area contributed by atoms with Gasteiger partial charge in [0.25, 0.3) is 0 Å². The number of allylic oxidation sites excluding steroid dienone is 1. The number of hydrogen-bond donors (Lipinski definition) is 3. The SMILES string of the molecule is Cc1ccc([N+]2(NC(=O)Nc3ccc(OCc4cccnc4NC(=O)CCS(C)(=O)=O)c4ccccc34)C=CC(C(C)(C)C)=N2)cc1. The van der Waals surface area contributed by atoms with Gasteiger partial charge in [0.2, 0.25) is 5.91 Å². The molecule has 3 aromatic carbocycles. The summed E-state index contributed by atoms with van der Waals surface area (Å²) in [5.41, 5.74) is 6.77. The molecule has 0 spiro atoms. The third-order valence-electron chi connectivity index (χ3n) is 7.55. The number of rotatable bonds is 10. The summed E-state index contributed by atoms with van der Waals surface area (Å²) < 4.78 is 28.9. The molecule has 5 rings (SSSR count). The lowest BCUT2D eigenvalue weighted by Gasteiger charge is -2.26. The number of fused-ring (bicyclic) bond motifs is 1. The number of urea groups is 1. The van der Waals surface area contributed by atoms with Crippen molar-refractivity contribution in [3.05, 3.63) is 102 Å². The molecule has 0 aliphatic carbocycles. The number of benzene rings is 3. The first-order valence-electron chi connectivity index (χ1n) is 15.1. The van der Waals surface area contributed by atoms with Gasteiger partial charge in [0, 0.05) is 58.8 Å². The molecule has 2 heterocycles. The van der Waals surface area contributed by atoms with E-state index in [0.717, 1.165) is 34.0 Å². The fourth-order valence-electron chi connectivity index (χ4n) is 4.96. The molecule has 4 aromatic rings. The van der Waals surface area contributed by atoms with Gasteiger partial charge in [-0.3, -0.25) is 4.79 Å². The number of carbonyl (C=O) groups is 2. The first-order valence-corrected chi connectivity index (χ1v) is 17.2. The Labute approximate surface area is 274 Å². The Morgan fingerprint density at radius 1 is 0.915 bits per heavy atom. The van der Waals surface area contributed by atoms with Gasteiger partial charge in [-0.15, -0.1) is 5.43 Å². The van der Waals surface area contributed by atoms with E-state index in [1.165, 1.54) is 6.20 Å². The Hall–Kier alpha value is -5.07. The Balaban J connectivity index is 1.34. The molecular formula is C35H39N6O5S+. The van der Waals surface area contributed by atoms with Crippen LogP contribution in [0.3, 0.4) is 0 Å². The minimum Gasteiger partial charge on any atom is -0.488 e. The van der Waals surface area contributed by atoms with Gasteiger partial charge in [0.1, 0.15) is 33.7 Å². The topological polar surface area (TPSA) is 139 Å². The lowest BCUT2D eigenvalue weighted by molar-refractivity contribution is -0.115. The van der Waals surface area contributed by atoms with Crippen molar-refractivity contribution in [2.24, 2.45) is 10.5 Å². The van der Waals surface area contributed by atoms with E-state index in [4.69, 9.17) is 9.84 Å². The number of pyridine rings is 1. The molecule has 1 unspecified atom stereocenters. The Morgan fingerprint density at radius 2 is 1.64 bits per heavy atom. The van der Waals surface area contributed by atoms with Crippen molar-refractivity contribution in [3.8, 4) is 5.75 Å². The molecule has 3 N–H and O–H groups in total. The number of hydrogen-bond acceptors (Lipinski definition) is 7. The minimum absolute atomic E-state index is 0.0871. The van der Waals surface area contributed by atoms with Crippen molar-refractivity contribution in [3.63, 3.8) is 0 Å². The van der Waals surface area contributed by atoms with E-state index in [9.17, 15) is 18.0 Å². The maximum atomic E-state index is 13.6. The summed E-state index contributed by atoms with van der Waals surface area (Å²) in [7, 11) is -3.28. The maximum Gasteiger partial charge on any atom is 0.366 e. The Morgan fingerprint density at radius 3 is 2.32 bits per heavy atom. The summed E-state index contributed by atoms with van der Waals surface area (Å²) in [5, 5.41) is 12.2. The van der Waals surface area contributed by atoms with E-state index < -0.39 is 21.8 Å². The average molecular weight is 656 g/mol. The van der Waals surface area contributed by atoms with Crippen molar-refractivity contribution in [1.29, 1.82) is 0 Å². The van der Waals surface area contributed by atoms with Crippen molar-refractivity contribution in [1.82, 2.24) is 15.1 Å². The molecule has 244 valence electrons. The predicted octanol–water partition coefficient (Wildman–Crippen LogP) is 6.47. The van der Waals surface area contributed by atoms with Gasteiger partial charge in [-0.05, 0) is 34.9 Å². The predicted molar refractivity (Wildman–Crippen MR) is 187 cm³/mol. The van der Waals surface area contributed by atoms with E-state index in [0.29, 0.717) is 22.8 Å². The van der Waals surface area contributed by atoms with Crippen LogP contribution in [0.4, 0.5) is 22.0 Å². The number of nitrogens with zero attached hydrogens (tertiary/aromatic N) is 3. The normalized spacial score (nSPS) is 16.1. The first-order chi connectivity index (χ1) is 22.2. The summed E-state index contributed by atoms with van der Waals surface area (Å²) >= 11 is 0. The van der Waals surface area contributed by atoms with Crippen LogP contribution < -0.4 is 25.5 Å². The lowest BCUT2D eigenvalue weighted by Crippen LogP contribution is -2.54. The molecule has 0 fully saturated rings. The number of aromatic nitrogens is 1.